The average Bonchev–Trinajstić information content (AvgIpc) is 2.66. The second-order valence-electron chi connectivity index (χ2n) is 5.18. The summed E-state index contributed by atoms with van der Waals surface area (Å²) in [6.45, 7) is 3.79. The molecule has 0 aromatic carbocycles. The molecule has 3 fully saturated rings. The average molecular weight is 310 g/mol. The summed E-state index contributed by atoms with van der Waals surface area (Å²) < 4.78 is 16.9. The molecule has 3 rings (SSSR count). The van der Waals surface area contributed by atoms with Gasteiger partial charge in [-0.25, -0.2) is 7.50 Å². The molecule has 1 aliphatic carbocycles. The van der Waals surface area contributed by atoms with Crippen LogP contribution in [0.3, 0.4) is 0 Å². The molecule has 0 radical (unpaired) electrons. The molecule has 2 nitrogen and oxygen atoms in total. The van der Waals surface area contributed by atoms with Crippen molar-refractivity contribution in [3.63, 3.8) is 0 Å². The molecule has 2 aliphatic heterocycles. The van der Waals surface area contributed by atoms with Gasteiger partial charge in [0, 0.05) is 53.8 Å². The van der Waals surface area contributed by atoms with Crippen molar-refractivity contribution in [2.45, 2.75) is 18.5 Å². The van der Waals surface area contributed by atoms with E-state index in [1.807, 2.05) is 7.05 Å². The fourth-order valence-corrected chi connectivity index (χ4v) is 4.30. The molecule has 0 amide bonds. The Labute approximate surface area is 98.3 Å². The van der Waals surface area contributed by atoms with E-state index in [0.717, 1.165) is 32.5 Å². The fraction of sp³-hybridized carbons (Fsp3) is 1.00. The molecule has 3 unspecified atom stereocenters. The highest BCUT2D eigenvalue weighted by Gasteiger charge is 2.79. The van der Waals surface area contributed by atoms with Crippen molar-refractivity contribution in [1.29, 1.82) is 0 Å². The fourth-order valence-electron chi connectivity index (χ4n) is 3.66. The lowest BCUT2D eigenvalue weighted by molar-refractivity contribution is 0.0954. The highest BCUT2D eigenvalue weighted by atomic mass is 127. The number of piperidine rings is 2. The zero-order chi connectivity index (χ0) is 9.97. The third-order valence-electron chi connectivity index (χ3n) is 4.58. The smallest absolute Gasteiger partial charge is 0.134 e. The molecule has 0 aromatic rings. The summed E-state index contributed by atoms with van der Waals surface area (Å²) in [5, 5.41) is 0. The van der Waals surface area contributed by atoms with Gasteiger partial charge in [-0.2, -0.15) is 0 Å². The van der Waals surface area contributed by atoms with Gasteiger partial charge in [-0.3, -0.25) is 0 Å². The molecule has 0 bridgehead atoms. The van der Waals surface area contributed by atoms with E-state index < -0.39 is 5.67 Å². The van der Waals surface area contributed by atoms with Crippen LogP contribution in [0.4, 0.5) is 4.39 Å². The van der Waals surface area contributed by atoms with Gasteiger partial charge in [-0.1, -0.05) is 0 Å². The Bertz CT molecular complexity index is 269. The van der Waals surface area contributed by atoms with Crippen molar-refractivity contribution in [2.24, 2.45) is 11.3 Å². The molecular formula is C10H16FIN2. The van der Waals surface area contributed by atoms with Crippen LogP contribution in [0.25, 0.3) is 0 Å². The minimum absolute atomic E-state index is 0.0845. The SMILES string of the molecule is CN1CCC23CCN(I)CC2C3(F)C1. The predicted octanol–water partition coefficient (Wildman–Crippen LogP) is 1.70. The van der Waals surface area contributed by atoms with Crippen LogP contribution in [0.5, 0.6) is 0 Å². The van der Waals surface area contributed by atoms with E-state index in [9.17, 15) is 4.39 Å². The highest BCUT2D eigenvalue weighted by Crippen LogP contribution is 2.72. The second kappa shape index (κ2) is 2.83. The van der Waals surface area contributed by atoms with Crippen LogP contribution < -0.4 is 0 Å². The first-order valence-electron chi connectivity index (χ1n) is 5.37. The molecule has 1 spiro atoms. The number of rotatable bonds is 0. The van der Waals surface area contributed by atoms with Crippen molar-refractivity contribution in [1.82, 2.24) is 8.01 Å². The van der Waals surface area contributed by atoms with E-state index in [1.165, 1.54) is 0 Å². The maximum absolute atomic E-state index is 14.7. The lowest BCUT2D eigenvalue weighted by Gasteiger charge is -2.32. The zero-order valence-electron chi connectivity index (χ0n) is 8.47. The minimum atomic E-state index is -0.847. The number of halogens is 2. The van der Waals surface area contributed by atoms with Gasteiger partial charge in [0.15, 0.2) is 0 Å². The molecule has 2 saturated heterocycles. The first kappa shape index (κ1) is 9.78. The van der Waals surface area contributed by atoms with Crippen LogP contribution in [-0.2, 0) is 0 Å². The van der Waals surface area contributed by atoms with Gasteiger partial charge in [0.05, 0.1) is 0 Å². The third-order valence-corrected chi connectivity index (χ3v) is 5.46. The molecule has 0 N–H and O–H groups in total. The number of fused-ring (bicyclic) bond motifs is 1. The first-order valence-corrected chi connectivity index (χ1v) is 6.33. The van der Waals surface area contributed by atoms with E-state index >= 15 is 0 Å². The summed E-state index contributed by atoms with van der Waals surface area (Å²) in [7, 11) is 2.04. The van der Waals surface area contributed by atoms with E-state index in [1.54, 1.807) is 0 Å². The van der Waals surface area contributed by atoms with Crippen LogP contribution in [0.2, 0.25) is 0 Å². The Balaban J connectivity index is 1.86. The molecule has 3 atom stereocenters. The van der Waals surface area contributed by atoms with Gasteiger partial charge in [0.1, 0.15) is 5.67 Å². The van der Waals surface area contributed by atoms with Crippen molar-refractivity contribution < 1.29 is 4.39 Å². The zero-order valence-corrected chi connectivity index (χ0v) is 10.6. The van der Waals surface area contributed by atoms with E-state index in [4.69, 9.17) is 0 Å². The van der Waals surface area contributed by atoms with Crippen molar-refractivity contribution >= 4 is 22.9 Å². The Hall–Kier alpha value is 0.580. The molecule has 2 heterocycles. The predicted molar refractivity (Wildman–Crippen MR) is 62.1 cm³/mol. The number of hydrogen-bond donors (Lipinski definition) is 0. The summed E-state index contributed by atoms with van der Waals surface area (Å²) in [6, 6.07) is 0. The van der Waals surface area contributed by atoms with Crippen LogP contribution in [0.15, 0.2) is 0 Å². The van der Waals surface area contributed by atoms with Gasteiger partial charge in [-0.05, 0) is 26.4 Å². The van der Waals surface area contributed by atoms with Crippen LogP contribution >= 0.6 is 22.9 Å². The standard InChI is InChI=1S/C10H16FIN2/c1-13-4-2-9-3-5-14(12)6-8(9)10(9,11)7-13/h8H,2-7H2,1H3. The summed E-state index contributed by atoms with van der Waals surface area (Å²) in [5.74, 6) is 0.325. The van der Waals surface area contributed by atoms with Gasteiger partial charge in [0.25, 0.3) is 0 Å². The molecular weight excluding hydrogens is 294 g/mol. The molecule has 3 aliphatic rings. The largest absolute Gasteiger partial charge is 0.303 e. The van der Waals surface area contributed by atoms with Gasteiger partial charge < -0.3 is 4.90 Å². The monoisotopic (exact) mass is 310 g/mol. The number of hydrogen-bond acceptors (Lipinski definition) is 2. The van der Waals surface area contributed by atoms with E-state index in [0.29, 0.717) is 12.5 Å². The minimum Gasteiger partial charge on any atom is -0.303 e. The first-order chi connectivity index (χ1) is 6.58. The summed E-state index contributed by atoms with van der Waals surface area (Å²) >= 11 is 2.33. The maximum atomic E-state index is 14.7. The third kappa shape index (κ3) is 1.02. The Morgan fingerprint density at radius 2 is 2.07 bits per heavy atom. The lowest BCUT2D eigenvalue weighted by Crippen LogP contribution is -2.40. The summed E-state index contributed by atoms with van der Waals surface area (Å²) in [5.41, 5.74) is -0.763. The number of alkyl halides is 1. The second-order valence-corrected chi connectivity index (χ2v) is 6.54. The van der Waals surface area contributed by atoms with E-state index in [-0.39, 0.29) is 5.41 Å². The highest BCUT2D eigenvalue weighted by molar-refractivity contribution is 14.1. The van der Waals surface area contributed by atoms with Crippen molar-refractivity contribution in [2.75, 3.05) is 33.2 Å². The summed E-state index contributed by atoms with van der Waals surface area (Å²) in [6.07, 6.45) is 2.15. The normalized spacial score (nSPS) is 53.8. The van der Waals surface area contributed by atoms with Gasteiger partial charge in [0.2, 0.25) is 0 Å². The van der Waals surface area contributed by atoms with Crippen molar-refractivity contribution in [3.05, 3.63) is 0 Å². The Morgan fingerprint density at radius 3 is 2.86 bits per heavy atom. The number of likely N-dealkylation sites (tertiary alicyclic amines) is 1. The van der Waals surface area contributed by atoms with Crippen LogP contribution in [0, 0.1) is 11.3 Å². The molecule has 0 aromatic heterocycles. The Morgan fingerprint density at radius 1 is 1.36 bits per heavy atom. The van der Waals surface area contributed by atoms with Crippen molar-refractivity contribution in [3.8, 4) is 0 Å². The molecule has 14 heavy (non-hydrogen) atoms. The van der Waals surface area contributed by atoms with E-state index in [2.05, 4.69) is 30.9 Å². The molecule has 4 heteroatoms. The van der Waals surface area contributed by atoms with Crippen LogP contribution in [-0.4, -0.2) is 46.9 Å². The maximum Gasteiger partial charge on any atom is 0.134 e. The van der Waals surface area contributed by atoms with Gasteiger partial charge in [-0.15, -0.1) is 0 Å². The lowest BCUT2D eigenvalue weighted by atomic mass is 9.88. The quantitative estimate of drug-likeness (QED) is 0.496. The topological polar surface area (TPSA) is 6.48 Å². The van der Waals surface area contributed by atoms with Crippen LogP contribution in [0.1, 0.15) is 12.8 Å². The molecule has 80 valence electrons. The molecule has 1 saturated carbocycles. The Kier molecular flexibility index (Phi) is 1.97. The summed E-state index contributed by atoms with van der Waals surface area (Å²) in [4.78, 5) is 2.15. The van der Waals surface area contributed by atoms with Gasteiger partial charge >= 0.3 is 0 Å². The number of nitrogens with zero attached hydrogens (tertiary/aromatic N) is 2.